The number of alkyl halides is 2. The fraction of sp³-hybridized carbons (Fsp3) is 0.346. The minimum absolute atomic E-state index is 0.0509. The molecule has 1 saturated heterocycles. The number of carbonyl (C=O) groups is 2. The van der Waals surface area contributed by atoms with Crippen LogP contribution >= 0.6 is 0 Å². The molecule has 12 heteroatoms. The topological polar surface area (TPSA) is 136 Å². The number of aromatic amines is 1. The molecule has 10 nitrogen and oxygen atoms in total. The second kappa shape index (κ2) is 10.6. The van der Waals surface area contributed by atoms with E-state index in [1.165, 1.54) is 24.0 Å². The number of H-pyrrole nitrogens is 1. The highest BCUT2D eigenvalue weighted by molar-refractivity contribution is 6.06. The van der Waals surface area contributed by atoms with Gasteiger partial charge in [-0.15, -0.1) is 0 Å². The molecule has 0 atom stereocenters. The van der Waals surface area contributed by atoms with Gasteiger partial charge in [0.1, 0.15) is 37.1 Å². The standard InChI is InChI=1S/C26H30F2N8O2/c1-16(37)35-8-7-34(25(38)26(35,2)3)19-6-4-5-17(9-19)22-10-21(23(33-22)24(30)31-15-29)18-13-32-36(14-18)20(11-27)12-28/h4-6,9-10,13-15,20,33H,7-8,11-12H2,1-3H3,(H3,29,30,31). The molecule has 1 aromatic carbocycles. The summed E-state index contributed by atoms with van der Waals surface area (Å²) in [5.74, 6) is -0.288. The van der Waals surface area contributed by atoms with Gasteiger partial charge in [0.2, 0.25) is 5.91 Å². The summed E-state index contributed by atoms with van der Waals surface area (Å²) in [6, 6.07) is 8.14. The molecule has 1 fully saturated rings. The molecule has 2 amide bonds. The number of rotatable bonds is 8. The first-order valence-corrected chi connectivity index (χ1v) is 12.0. The summed E-state index contributed by atoms with van der Waals surface area (Å²) in [7, 11) is 0. The van der Waals surface area contributed by atoms with Gasteiger partial charge in [-0.3, -0.25) is 19.7 Å². The summed E-state index contributed by atoms with van der Waals surface area (Å²) >= 11 is 0. The number of nitrogens with one attached hydrogen (secondary N) is 2. The molecule has 3 heterocycles. The molecule has 0 unspecified atom stereocenters. The number of piperazine rings is 1. The smallest absolute Gasteiger partial charge is 0.252 e. The molecule has 4 rings (SSSR count). The molecule has 0 radical (unpaired) electrons. The number of anilines is 1. The van der Waals surface area contributed by atoms with E-state index in [0.717, 1.165) is 11.9 Å². The average molecular weight is 525 g/mol. The van der Waals surface area contributed by atoms with Crippen molar-refractivity contribution in [1.82, 2.24) is 19.7 Å². The molecule has 0 spiro atoms. The van der Waals surface area contributed by atoms with Crippen LogP contribution < -0.4 is 10.6 Å². The summed E-state index contributed by atoms with van der Waals surface area (Å²) in [5, 5.41) is 11.4. The van der Waals surface area contributed by atoms with E-state index in [9.17, 15) is 18.4 Å². The van der Waals surface area contributed by atoms with Crippen molar-refractivity contribution in [2.24, 2.45) is 10.7 Å². The van der Waals surface area contributed by atoms with Crippen LogP contribution in [0.3, 0.4) is 0 Å². The Labute approximate surface area is 218 Å². The van der Waals surface area contributed by atoms with Gasteiger partial charge in [0.25, 0.3) is 5.91 Å². The molecule has 0 aliphatic carbocycles. The van der Waals surface area contributed by atoms with Gasteiger partial charge in [-0.25, -0.2) is 13.8 Å². The molecule has 1 aliphatic rings. The highest BCUT2D eigenvalue weighted by Gasteiger charge is 2.43. The third kappa shape index (κ3) is 4.81. The van der Waals surface area contributed by atoms with Crippen LogP contribution in [0.4, 0.5) is 14.5 Å². The van der Waals surface area contributed by atoms with Crippen LogP contribution in [0.2, 0.25) is 0 Å². The normalized spacial score (nSPS) is 15.8. The van der Waals surface area contributed by atoms with Crippen molar-refractivity contribution in [2.45, 2.75) is 32.4 Å². The molecule has 2 aromatic heterocycles. The molecule has 0 saturated carbocycles. The maximum Gasteiger partial charge on any atom is 0.252 e. The average Bonchev–Trinajstić information content (AvgIpc) is 3.54. The minimum atomic E-state index is -1.03. The van der Waals surface area contributed by atoms with Crippen molar-refractivity contribution in [3.05, 3.63) is 48.4 Å². The number of aromatic nitrogens is 3. The van der Waals surface area contributed by atoms with Gasteiger partial charge in [-0.2, -0.15) is 5.10 Å². The molecule has 0 bridgehead atoms. The number of benzene rings is 1. The van der Waals surface area contributed by atoms with E-state index >= 15 is 0 Å². The lowest BCUT2D eigenvalue weighted by Gasteiger charge is -2.45. The van der Waals surface area contributed by atoms with Crippen molar-refractivity contribution in [3.63, 3.8) is 0 Å². The number of nitrogens with two attached hydrogens (primary N) is 1. The molecule has 200 valence electrons. The SMILES string of the molecule is CC(=O)N1CCN(c2cccc(-c3cc(-c4cnn(C(CF)CF)c4)c(/C(N)=N\C=N)[nH]3)c2)C(=O)C1(C)C. The van der Waals surface area contributed by atoms with Crippen LogP contribution in [0.25, 0.3) is 22.4 Å². The number of halogens is 2. The Morgan fingerprint density at radius 3 is 2.66 bits per heavy atom. The highest BCUT2D eigenvalue weighted by Crippen LogP contribution is 2.33. The van der Waals surface area contributed by atoms with Crippen molar-refractivity contribution < 1.29 is 18.4 Å². The van der Waals surface area contributed by atoms with Crippen molar-refractivity contribution in [3.8, 4) is 22.4 Å². The lowest BCUT2D eigenvalue weighted by Crippen LogP contribution is -2.64. The second-order valence-corrected chi connectivity index (χ2v) is 9.52. The maximum atomic E-state index is 13.3. The molecular weight excluding hydrogens is 494 g/mol. The summed E-state index contributed by atoms with van der Waals surface area (Å²) in [6.07, 6.45) is 3.84. The van der Waals surface area contributed by atoms with E-state index in [-0.39, 0.29) is 17.6 Å². The molecule has 4 N–H and O–H groups in total. The Morgan fingerprint density at radius 1 is 1.26 bits per heavy atom. The number of aliphatic imine (C=N–C) groups is 1. The predicted molar refractivity (Wildman–Crippen MR) is 142 cm³/mol. The Hall–Kier alpha value is -4.35. The fourth-order valence-corrected chi connectivity index (χ4v) is 4.70. The lowest BCUT2D eigenvalue weighted by atomic mass is 9.96. The van der Waals surface area contributed by atoms with E-state index in [1.54, 1.807) is 23.6 Å². The summed E-state index contributed by atoms with van der Waals surface area (Å²) in [4.78, 5) is 35.7. The van der Waals surface area contributed by atoms with Gasteiger partial charge >= 0.3 is 0 Å². The van der Waals surface area contributed by atoms with Gasteiger partial charge < -0.3 is 20.5 Å². The van der Waals surface area contributed by atoms with Gasteiger partial charge in [0.15, 0.2) is 0 Å². The van der Waals surface area contributed by atoms with Crippen molar-refractivity contribution >= 4 is 29.7 Å². The van der Waals surface area contributed by atoms with Crippen LogP contribution in [0.1, 0.15) is 32.5 Å². The number of carbonyl (C=O) groups excluding carboxylic acids is 2. The zero-order valence-electron chi connectivity index (χ0n) is 21.4. The zero-order chi connectivity index (χ0) is 27.6. The monoisotopic (exact) mass is 524 g/mol. The van der Waals surface area contributed by atoms with E-state index in [0.29, 0.717) is 41.3 Å². The van der Waals surface area contributed by atoms with E-state index < -0.39 is 24.9 Å². The molecular formula is C26H30F2N8O2. The third-order valence-electron chi connectivity index (χ3n) is 6.76. The first-order valence-electron chi connectivity index (χ1n) is 12.0. The number of nitrogens with zero attached hydrogens (tertiary/aromatic N) is 5. The molecule has 38 heavy (non-hydrogen) atoms. The molecule has 1 aliphatic heterocycles. The van der Waals surface area contributed by atoms with Crippen LogP contribution in [0, 0.1) is 5.41 Å². The van der Waals surface area contributed by atoms with Crippen molar-refractivity contribution in [1.29, 1.82) is 5.41 Å². The maximum absolute atomic E-state index is 13.3. The number of amides is 2. The largest absolute Gasteiger partial charge is 0.382 e. The number of hydrogen-bond acceptors (Lipinski definition) is 4. The Morgan fingerprint density at radius 2 is 2.00 bits per heavy atom. The lowest BCUT2D eigenvalue weighted by molar-refractivity contribution is -0.145. The third-order valence-corrected chi connectivity index (χ3v) is 6.76. The van der Waals surface area contributed by atoms with Crippen LogP contribution in [0.15, 0.2) is 47.7 Å². The van der Waals surface area contributed by atoms with Gasteiger partial charge in [0, 0.05) is 54.3 Å². The highest BCUT2D eigenvalue weighted by atomic mass is 19.1. The zero-order valence-corrected chi connectivity index (χ0v) is 21.4. The van der Waals surface area contributed by atoms with Crippen LogP contribution in [-0.2, 0) is 9.59 Å². The van der Waals surface area contributed by atoms with E-state index in [1.807, 2.05) is 30.3 Å². The Kier molecular flexibility index (Phi) is 7.42. The predicted octanol–water partition coefficient (Wildman–Crippen LogP) is 3.31. The summed E-state index contributed by atoms with van der Waals surface area (Å²) < 4.78 is 27.6. The minimum Gasteiger partial charge on any atom is -0.382 e. The van der Waals surface area contributed by atoms with Gasteiger partial charge in [0.05, 0.1) is 11.9 Å². The van der Waals surface area contributed by atoms with Gasteiger partial charge in [-0.05, 0) is 32.0 Å². The summed E-state index contributed by atoms with van der Waals surface area (Å²) in [5.41, 5.74) is 8.76. The first kappa shape index (κ1) is 26.7. The quantitative estimate of drug-likeness (QED) is 0.308. The van der Waals surface area contributed by atoms with Crippen LogP contribution in [0.5, 0.6) is 0 Å². The van der Waals surface area contributed by atoms with Gasteiger partial charge in [-0.1, -0.05) is 12.1 Å². The van der Waals surface area contributed by atoms with Crippen LogP contribution in [-0.4, -0.2) is 75.6 Å². The summed E-state index contributed by atoms with van der Waals surface area (Å²) in [6.45, 7) is 3.89. The second-order valence-electron chi connectivity index (χ2n) is 9.52. The van der Waals surface area contributed by atoms with Crippen molar-refractivity contribution in [2.75, 3.05) is 31.3 Å². The fourth-order valence-electron chi connectivity index (χ4n) is 4.70. The number of amidine groups is 1. The Bertz CT molecular complexity index is 1390. The Balaban J connectivity index is 1.73. The number of hydrogen-bond donors (Lipinski definition) is 3. The first-order chi connectivity index (χ1) is 18.1. The molecule has 3 aromatic rings. The van der Waals surface area contributed by atoms with E-state index in [4.69, 9.17) is 11.1 Å². The van der Waals surface area contributed by atoms with E-state index in [2.05, 4.69) is 15.1 Å².